The molecule has 0 bridgehead atoms. The summed E-state index contributed by atoms with van der Waals surface area (Å²) in [5.74, 6) is 1.96. The van der Waals surface area contributed by atoms with Crippen LogP contribution < -0.4 is 10.2 Å². The molecule has 1 aromatic carbocycles. The third kappa shape index (κ3) is 2.78. The molecule has 2 aromatic heterocycles. The van der Waals surface area contributed by atoms with Crippen molar-refractivity contribution in [3.8, 4) is 11.1 Å². The third-order valence-electron chi connectivity index (χ3n) is 4.52. The van der Waals surface area contributed by atoms with Gasteiger partial charge in [0, 0.05) is 30.1 Å². The topological polar surface area (TPSA) is 41.1 Å². The van der Waals surface area contributed by atoms with Gasteiger partial charge in [-0.15, -0.1) is 11.3 Å². The maximum Gasteiger partial charge on any atom is 0.141 e. The van der Waals surface area contributed by atoms with Gasteiger partial charge in [-0.2, -0.15) is 0 Å². The normalized spacial score (nSPS) is 15.7. The van der Waals surface area contributed by atoms with E-state index in [1.54, 1.807) is 11.3 Å². The molecule has 3 aromatic rings. The minimum atomic E-state index is 0.857. The average molecular weight is 338 g/mol. The summed E-state index contributed by atoms with van der Waals surface area (Å²) in [6.07, 6.45) is 1.15. The number of hydrogen-bond acceptors (Lipinski definition) is 5. The van der Waals surface area contributed by atoms with E-state index in [9.17, 15) is 0 Å². The number of rotatable bonds is 2. The second-order valence-electron chi connectivity index (χ2n) is 6.26. The highest BCUT2D eigenvalue weighted by Crippen LogP contribution is 2.41. The summed E-state index contributed by atoms with van der Waals surface area (Å²) in [4.78, 5) is 14.4. The number of nitrogens with one attached hydrogen (secondary N) is 1. The number of benzene rings is 1. The third-order valence-corrected chi connectivity index (χ3v) is 5.52. The fraction of sp³-hybridized carbons (Fsp3) is 0.368. The standard InChI is InChI=1S/C19H22N4S/c1-13-16(15-7-4-3-5-8-15)17-18(21-14(2)22-19(17)24-13)23-11-6-9-20-10-12-23/h3-5,7-8,20H,6,9-12H2,1-2H3. The Morgan fingerprint density at radius 1 is 1.04 bits per heavy atom. The summed E-state index contributed by atoms with van der Waals surface area (Å²) >= 11 is 1.78. The fourth-order valence-electron chi connectivity index (χ4n) is 3.44. The minimum absolute atomic E-state index is 0.857. The molecule has 4 rings (SSSR count). The Morgan fingerprint density at radius 2 is 1.88 bits per heavy atom. The Hall–Kier alpha value is -1.98. The lowest BCUT2D eigenvalue weighted by molar-refractivity contribution is 0.724. The van der Waals surface area contributed by atoms with Gasteiger partial charge in [0.2, 0.25) is 0 Å². The molecule has 1 aliphatic rings. The van der Waals surface area contributed by atoms with Crippen molar-refractivity contribution in [2.75, 3.05) is 31.1 Å². The molecule has 0 spiro atoms. The van der Waals surface area contributed by atoms with Crippen LogP contribution in [-0.4, -0.2) is 36.1 Å². The zero-order valence-electron chi connectivity index (χ0n) is 14.2. The SMILES string of the molecule is Cc1nc(N2CCCNCC2)c2c(-c3ccccc3)c(C)sc2n1. The van der Waals surface area contributed by atoms with Gasteiger partial charge in [0.1, 0.15) is 16.5 Å². The first-order valence-corrected chi connectivity index (χ1v) is 9.34. The molecule has 1 aliphatic heterocycles. The molecule has 0 radical (unpaired) electrons. The van der Waals surface area contributed by atoms with E-state index in [0.29, 0.717) is 0 Å². The summed E-state index contributed by atoms with van der Waals surface area (Å²) in [5.41, 5.74) is 2.55. The molecule has 0 aliphatic carbocycles. The Morgan fingerprint density at radius 3 is 2.71 bits per heavy atom. The summed E-state index contributed by atoms with van der Waals surface area (Å²) < 4.78 is 0. The van der Waals surface area contributed by atoms with Crippen molar-refractivity contribution >= 4 is 27.4 Å². The first kappa shape index (κ1) is 15.5. The van der Waals surface area contributed by atoms with Gasteiger partial charge in [-0.1, -0.05) is 30.3 Å². The number of anilines is 1. The van der Waals surface area contributed by atoms with Crippen LogP contribution in [0.2, 0.25) is 0 Å². The summed E-state index contributed by atoms with van der Waals surface area (Å²) in [5, 5.41) is 4.70. The zero-order chi connectivity index (χ0) is 16.5. The smallest absolute Gasteiger partial charge is 0.141 e. The highest BCUT2D eigenvalue weighted by molar-refractivity contribution is 7.19. The van der Waals surface area contributed by atoms with E-state index in [2.05, 4.69) is 47.5 Å². The molecule has 0 saturated carbocycles. The summed E-state index contributed by atoms with van der Waals surface area (Å²) in [7, 11) is 0. The van der Waals surface area contributed by atoms with Crippen molar-refractivity contribution in [2.45, 2.75) is 20.3 Å². The number of hydrogen-bond donors (Lipinski definition) is 1. The van der Waals surface area contributed by atoms with Crippen LogP contribution in [0.4, 0.5) is 5.82 Å². The lowest BCUT2D eigenvalue weighted by Crippen LogP contribution is -2.29. The first-order valence-electron chi connectivity index (χ1n) is 8.53. The maximum atomic E-state index is 4.86. The van der Waals surface area contributed by atoms with Crippen molar-refractivity contribution in [1.29, 1.82) is 0 Å². The second-order valence-corrected chi connectivity index (χ2v) is 7.47. The minimum Gasteiger partial charge on any atom is -0.355 e. The van der Waals surface area contributed by atoms with Crippen molar-refractivity contribution in [3.63, 3.8) is 0 Å². The van der Waals surface area contributed by atoms with E-state index in [-0.39, 0.29) is 0 Å². The molecule has 4 nitrogen and oxygen atoms in total. The van der Waals surface area contributed by atoms with Crippen molar-refractivity contribution in [2.24, 2.45) is 0 Å². The van der Waals surface area contributed by atoms with Crippen LogP contribution in [0.3, 0.4) is 0 Å². The Labute approximate surface area is 146 Å². The van der Waals surface area contributed by atoms with E-state index in [0.717, 1.165) is 49.1 Å². The summed E-state index contributed by atoms with van der Waals surface area (Å²) in [6.45, 7) is 8.32. The van der Waals surface area contributed by atoms with Crippen LogP contribution >= 0.6 is 11.3 Å². The Balaban J connectivity index is 1.95. The van der Waals surface area contributed by atoms with Gasteiger partial charge in [-0.3, -0.25) is 0 Å². The largest absolute Gasteiger partial charge is 0.355 e. The number of fused-ring (bicyclic) bond motifs is 1. The highest BCUT2D eigenvalue weighted by atomic mass is 32.1. The monoisotopic (exact) mass is 338 g/mol. The number of nitrogens with zero attached hydrogens (tertiary/aromatic N) is 3. The van der Waals surface area contributed by atoms with Crippen molar-refractivity contribution in [3.05, 3.63) is 41.0 Å². The molecule has 0 unspecified atom stereocenters. The number of thiophene rings is 1. The van der Waals surface area contributed by atoms with Crippen LogP contribution in [0.25, 0.3) is 21.3 Å². The van der Waals surface area contributed by atoms with E-state index in [1.165, 1.54) is 21.4 Å². The van der Waals surface area contributed by atoms with Gasteiger partial charge < -0.3 is 10.2 Å². The van der Waals surface area contributed by atoms with E-state index >= 15 is 0 Å². The van der Waals surface area contributed by atoms with E-state index in [4.69, 9.17) is 9.97 Å². The van der Waals surface area contributed by atoms with E-state index in [1.807, 2.05) is 6.92 Å². The van der Waals surface area contributed by atoms with E-state index < -0.39 is 0 Å². The molecule has 124 valence electrons. The van der Waals surface area contributed by atoms with Crippen molar-refractivity contribution < 1.29 is 0 Å². The zero-order valence-corrected chi connectivity index (χ0v) is 15.0. The highest BCUT2D eigenvalue weighted by Gasteiger charge is 2.21. The van der Waals surface area contributed by atoms with Gasteiger partial charge in [-0.05, 0) is 32.4 Å². The van der Waals surface area contributed by atoms with Crippen LogP contribution in [-0.2, 0) is 0 Å². The molecule has 3 heterocycles. The first-order chi connectivity index (χ1) is 11.7. The molecule has 1 fully saturated rings. The molecule has 5 heteroatoms. The molecule has 0 amide bonds. The molecule has 24 heavy (non-hydrogen) atoms. The molecule has 0 atom stereocenters. The number of aromatic nitrogens is 2. The quantitative estimate of drug-likeness (QED) is 0.772. The predicted octanol–water partition coefficient (Wildman–Crippen LogP) is 3.77. The van der Waals surface area contributed by atoms with Gasteiger partial charge in [0.25, 0.3) is 0 Å². The maximum absolute atomic E-state index is 4.86. The second kappa shape index (κ2) is 6.49. The molecule has 1 saturated heterocycles. The van der Waals surface area contributed by atoms with Gasteiger partial charge in [0.15, 0.2) is 0 Å². The Kier molecular flexibility index (Phi) is 4.21. The molecular weight excluding hydrogens is 316 g/mol. The summed E-state index contributed by atoms with van der Waals surface area (Å²) in [6, 6.07) is 10.6. The van der Waals surface area contributed by atoms with Gasteiger partial charge >= 0.3 is 0 Å². The van der Waals surface area contributed by atoms with Gasteiger partial charge in [0.05, 0.1) is 5.39 Å². The van der Waals surface area contributed by atoms with Crippen LogP contribution in [0, 0.1) is 13.8 Å². The van der Waals surface area contributed by atoms with Crippen LogP contribution in [0.15, 0.2) is 30.3 Å². The Bertz CT molecular complexity index is 849. The number of aryl methyl sites for hydroxylation is 2. The predicted molar refractivity (Wildman–Crippen MR) is 102 cm³/mol. The van der Waals surface area contributed by atoms with Crippen LogP contribution in [0.1, 0.15) is 17.1 Å². The van der Waals surface area contributed by atoms with Crippen molar-refractivity contribution in [1.82, 2.24) is 15.3 Å². The lowest BCUT2D eigenvalue weighted by atomic mass is 10.0. The van der Waals surface area contributed by atoms with Gasteiger partial charge in [-0.25, -0.2) is 9.97 Å². The molecule has 1 N–H and O–H groups in total. The fourth-order valence-corrected chi connectivity index (χ4v) is 4.52. The lowest BCUT2D eigenvalue weighted by Gasteiger charge is -2.22. The molecular formula is C19H22N4S. The van der Waals surface area contributed by atoms with Crippen LogP contribution in [0.5, 0.6) is 0 Å². The average Bonchev–Trinajstić information content (AvgIpc) is 2.76.